The van der Waals surface area contributed by atoms with Crippen molar-refractivity contribution in [2.75, 3.05) is 0 Å². The molecular formula is C3H8NO3S-. The molecule has 0 aliphatic heterocycles. The second kappa shape index (κ2) is 3.96. The van der Waals surface area contributed by atoms with Crippen LogP contribution in [0.25, 0.3) is 0 Å². The third-order valence-corrected chi connectivity index (χ3v) is 1.01. The van der Waals surface area contributed by atoms with Gasteiger partial charge in [0.2, 0.25) is 0 Å². The van der Waals surface area contributed by atoms with E-state index in [4.69, 9.17) is 5.73 Å². The maximum absolute atomic E-state index is 9.67. The molecule has 0 fully saturated rings. The second-order valence-electron chi connectivity index (χ2n) is 1.25. The Bertz CT molecular complexity index is 86.6. The lowest BCUT2D eigenvalue weighted by Gasteiger charge is -2.10. The Morgan fingerprint density at radius 2 is 2.50 bits per heavy atom. The maximum atomic E-state index is 9.67. The minimum atomic E-state index is -2.47. The van der Waals surface area contributed by atoms with Crippen LogP contribution in [0.5, 0.6) is 0 Å². The predicted octanol–water partition coefficient (Wildman–Crippen LogP) is -0.508. The third kappa shape index (κ3) is 4.20. The molecular weight excluding hydrogens is 130 g/mol. The van der Waals surface area contributed by atoms with Crippen molar-refractivity contribution >= 4 is 11.4 Å². The van der Waals surface area contributed by atoms with Gasteiger partial charge in [0.05, 0.1) is 11.4 Å². The smallest absolute Gasteiger partial charge is 0.121 e. The average Bonchev–Trinajstić information content (AvgIpc) is 1.65. The van der Waals surface area contributed by atoms with Crippen molar-refractivity contribution in [3.63, 3.8) is 0 Å². The summed E-state index contributed by atoms with van der Waals surface area (Å²) in [5.41, 5.74) is 5.06. The van der Waals surface area contributed by atoms with Crippen molar-refractivity contribution in [2.45, 2.75) is 19.6 Å². The highest BCUT2D eigenvalue weighted by Gasteiger charge is 1.95. The first kappa shape index (κ1) is 8.03. The molecule has 0 aliphatic carbocycles. The summed E-state index contributed by atoms with van der Waals surface area (Å²) < 4.78 is 23.4. The quantitative estimate of drug-likeness (QED) is 0.421. The van der Waals surface area contributed by atoms with Crippen molar-refractivity contribution in [3.05, 3.63) is 0 Å². The minimum absolute atomic E-state index is 0.494. The molecule has 0 spiro atoms. The summed E-state index contributed by atoms with van der Waals surface area (Å²) in [5.74, 6) is 0. The van der Waals surface area contributed by atoms with E-state index in [9.17, 15) is 8.76 Å². The number of hydrogen-bond acceptors (Lipinski definition) is 4. The van der Waals surface area contributed by atoms with E-state index in [1.54, 1.807) is 6.92 Å². The fourth-order valence-corrected chi connectivity index (χ4v) is 0.507. The van der Waals surface area contributed by atoms with Crippen molar-refractivity contribution in [3.8, 4) is 0 Å². The fourth-order valence-electron chi connectivity index (χ4n) is 0.169. The van der Waals surface area contributed by atoms with Gasteiger partial charge in [-0.1, -0.05) is 6.92 Å². The molecule has 0 rings (SSSR count). The van der Waals surface area contributed by atoms with E-state index in [1.165, 1.54) is 0 Å². The number of hydrogen-bond donors (Lipinski definition) is 1. The molecule has 0 heterocycles. The van der Waals surface area contributed by atoms with Gasteiger partial charge in [-0.25, -0.2) is 4.21 Å². The SMILES string of the molecule is CCC(N)OS(=O)[O-]. The Hall–Kier alpha value is 0.0300. The molecule has 0 aromatic rings. The van der Waals surface area contributed by atoms with E-state index >= 15 is 0 Å². The maximum Gasteiger partial charge on any atom is 0.121 e. The minimum Gasteiger partial charge on any atom is -0.750 e. The topological polar surface area (TPSA) is 75.4 Å². The molecule has 0 bridgehead atoms. The molecule has 50 valence electrons. The van der Waals surface area contributed by atoms with Gasteiger partial charge >= 0.3 is 0 Å². The molecule has 0 saturated heterocycles. The third-order valence-electron chi connectivity index (χ3n) is 0.605. The molecule has 5 heteroatoms. The van der Waals surface area contributed by atoms with Crippen molar-refractivity contribution in [1.82, 2.24) is 0 Å². The van der Waals surface area contributed by atoms with Crippen LogP contribution in [0.4, 0.5) is 0 Å². The van der Waals surface area contributed by atoms with Gasteiger partial charge in [0.1, 0.15) is 6.23 Å². The summed E-state index contributed by atoms with van der Waals surface area (Å²) in [5, 5.41) is 0. The van der Waals surface area contributed by atoms with E-state index in [1.807, 2.05) is 0 Å². The van der Waals surface area contributed by atoms with E-state index in [0.29, 0.717) is 6.42 Å². The number of rotatable bonds is 3. The van der Waals surface area contributed by atoms with Gasteiger partial charge in [0.15, 0.2) is 0 Å². The summed E-state index contributed by atoms with van der Waals surface area (Å²) in [7, 11) is 0. The summed E-state index contributed by atoms with van der Waals surface area (Å²) in [6, 6.07) is 0. The highest BCUT2D eigenvalue weighted by atomic mass is 32.2. The molecule has 4 nitrogen and oxygen atoms in total. The van der Waals surface area contributed by atoms with Gasteiger partial charge in [-0.2, -0.15) is 0 Å². The van der Waals surface area contributed by atoms with Crippen LogP contribution in [-0.2, 0) is 15.5 Å². The van der Waals surface area contributed by atoms with Gasteiger partial charge in [-0.3, -0.25) is 4.18 Å². The van der Waals surface area contributed by atoms with Crippen LogP contribution in [0.3, 0.4) is 0 Å². The fraction of sp³-hybridized carbons (Fsp3) is 1.00. The summed E-state index contributed by atoms with van der Waals surface area (Å²) in [6.45, 7) is 1.73. The number of nitrogens with two attached hydrogens (primary N) is 1. The zero-order chi connectivity index (χ0) is 6.57. The summed E-state index contributed by atoms with van der Waals surface area (Å²) in [4.78, 5) is 0. The molecule has 0 aromatic carbocycles. The Balaban J connectivity index is 3.24. The van der Waals surface area contributed by atoms with Crippen molar-refractivity contribution in [2.24, 2.45) is 5.73 Å². The summed E-state index contributed by atoms with van der Waals surface area (Å²) in [6.07, 6.45) is -0.193. The van der Waals surface area contributed by atoms with Crippen LogP contribution >= 0.6 is 0 Å². The molecule has 0 aromatic heterocycles. The van der Waals surface area contributed by atoms with Crippen LogP contribution in [0.2, 0.25) is 0 Å². The monoisotopic (exact) mass is 138 g/mol. The zero-order valence-corrected chi connectivity index (χ0v) is 5.31. The molecule has 2 unspecified atom stereocenters. The first-order valence-corrected chi connectivity index (χ1v) is 3.18. The normalized spacial score (nSPS) is 17.9. The Morgan fingerprint density at radius 3 is 2.62 bits per heavy atom. The van der Waals surface area contributed by atoms with Gasteiger partial charge in [0, 0.05) is 0 Å². The Labute approximate surface area is 50.5 Å². The van der Waals surface area contributed by atoms with Gasteiger partial charge < -0.3 is 10.3 Å². The van der Waals surface area contributed by atoms with Gasteiger partial charge in [-0.15, -0.1) is 0 Å². The van der Waals surface area contributed by atoms with Crippen LogP contribution in [0.1, 0.15) is 13.3 Å². The van der Waals surface area contributed by atoms with Crippen LogP contribution < -0.4 is 5.73 Å². The van der Waals surface area contributed by atoms with E-state index < -0.39 is 17.6 Å². The van der Waals surface area contributed by atoms with Crippen LogP contribution in [0.15, 0.2) is 0 Å². The first-order valence-electron chi connectivity index (χ1n) is 2.18. The molecule has 0 saturated carbocycles. The van der Waals surface area contributed by atoms with E-state index in [-0.39, 0.29) is 0 Å². The average molecular weight is 138 g/mol. The molecule has 8 heavy (non-hydrogen) atoms. The van der Waals surface area contributed by atoms with E-state index in [2.05, 4.69) is 4.18 Å². The molecule has 2 atom stereocenters. The van der Waals surface area contributed by atoms with E-state index in [0.717, 1.165) is 0 Å². The first-order chi connectivity index (χ1) is 3.66. The lowest BCUT2D eigenvalue weighted by Crippen LogP contribution is -2.23. The lowest BCUT2D eigenvalue weighted by atomic mass is 10.5. The second-order valence-corrected chi connectivity index (χ2v) is 1.85. The zero-order valence-electron chi connectivity index (χ0n) is 4.49. The summed E-state index contributed by atoms with van der Waals surface area (Å²) >= 11 is -2.47. The lowest BCUT2D eigenvalue weighted by molar-refractivity contribution is 0.204. The Morgan fingerprint density at radius 1 is 2.00 bits per heavy atom. The van der Waals surface area contributed by atoms with Gasteiger partial charge in [-0.05, 0) is 6.42 Å². The standard InChI is InChI=1S/C3H9NO3S/c1-2-3(4)7-8(5)6/h3H,2,4H2,1H3,(H,5,6)/p-1. The van der Waals surface area contributed by atoms with Crippen molar-refractivity contribution < 1.29 is 12.9 Å². The Kier molecular flexibility index (Phi) is 3.98. The molecule has 0 amide bonds. The predicted molar refractivity (Wildman–Crippen MR) is 28.3 cm³/mol. The van der Waals surface area contributed by atoms with Crippen molar-refractivity contribution in [1.29, 1.82) is 0 Å². The molecule has 0 radical (unpaired) electrons. The highest BCUT2D eigenvalue weighted by Crippen LogP contribution is 1.89. The largest absolute Gasteiger partial charge is 0.750 e. The highest BCUT2D eigenvalue weighted by molar-refractivity contribution is 7.74. The van der Waals surface area contributed by atoms with Gasteiger partial charge in [0.25, 0.3) is 0 Å². The molecule has 0 aliphatic rings. The molecule has 2 N–H and O–H groups in total. The van der Waals surface area contributed by atoms with Crippen LogP contribution in [-0.4, -0.2) is 15.0 Å². The van der Waals surface area contributed by atoms with Crippen LogP contribution in [0, 0.1) is 0 Å².